The lowest BCUT2D eigenvalue weighted by molar-refractivity contribution is -0.112. The molecule has 0 saturated heterocycles. The summed E-state index contributed by atoms with van der Waals surface area (Å²) in [5.41, 5.74) is -0.331. The van der Waals surface area contributed by atoms with Crippen molar-refractivity contribution in [3.63, 3.8) is 0 Å². The van der Waals surface area contributed by atoms with E-state index >= 15 is 0 Å². The fourth-order valence-corrected chi connectivity index (χ4v) is 2.15. The van der Waals surface area contributed by atoms with Crippen LogP contribution in [0.25, 0.3) is 0 Å². The first-order valence-corrected chi connectivity index (χ1v) is 6.10. The number of nitrogens with one attached hydrogen (secondary N) is 1. The molecule has 0 bridgehead atoms. The van der Waals surface area contributed by atoms with Gasteiger partial charge in [0.05, 0.1) is 5.41 Å². The summed E-state index contributed by atoms with van der Waals surface area (Å²) >= 11 is 0. The molecular weight excluding hydrogens is 232 g/mol. The zero-order chi connectivity index (χ0) is 13.6. The van der Waals surface area contributed by atoms with Crippen LogP contribution in [0.2, 0.25) is 0 Å². The molecule has 18 heavy (non-hydrogen) atoms. The summed E-state index contributed by atoms with van der Waals surface area (Å²) in [4.78, 5) is 23.1. The number of amides is 1. The highest BCUT2D eigenvalue weighted by Gasteiger charge is 2.34. The van der Waals surface area contributed by atoms with Crippen LogP contribution in [-0.4, -0.2) is 43.0 Å². The van der Waals surface area contributed by atoms with Crippen LogP contribution in [0.1, 0.15) is 25.7 Å². The van der Waals surface area contributed by atoms with Gasteiger partial charge in [-0.25, -0.2) is 4.79 Å². The molecule has 1 aliphatic carbocycles. The van der Waals surface area contributed by atoms with E-state index < -0.39 is 6.09 Å². The van der Waals surface area contributed by atoms with E-state index in [9.17, 15) is 9.59 Å². The molecule has 0 aromatic carbocycles. The third-order valence-corrected chi connectivity index (χ3v) is 3.30. The summed E-state index contributed by atoms with van der Waals surface area (Å²) < 4.78 is 0. The molecule has 0 aliphatic heterocycles. The van der Waals surface area contributed by atoms with E-state index in [2.05, 4.69) is 17.3 Å². The van der Waals surface area contributed by atoms with Gasteiger partial charge in [-0.05, 0) is 25.7 Å². The molecule has 0 heterocycles. The molecule has 0 radical (unpaired) electrons. The Hall–Kier alpha value is -1.70. The Morgan fingerprint density at radius 3 is 2.56 bits per heavy atom. The SMILES string of the molecule is CN(C)C#CC1(CNC(=O)O)CCC(C=O)CC1. The van der Waals surface area contributed by atoms with Crippen LogP contribution in [0.5, 0.6) is 0 Å². The van der Waals surface area contributed by atoms with E-state index in [0.29, 0.717) is 6.54 Å². The minimum Gasteiger partial charge on any atom is -0.465 e. The summed E-state index contributed by atoms with van der Waals surface area (Å²) in [6.45, 7) is 0.328. The van der Waals surface area contributed by atoms with Crippen LogP contribution >= 0.6 is 0 Å². The van der Waals surface area contributed by atoms with Gasteiger partial charge in [-0.3, -0.25) is 0 Å². The molecule has 2 N–H and O–H groups in total. The average Bonchev–Trinajstić information content (AvgIpc) is 2.35. The first-order valence-electron chi connectivity index (χ1n) is 6.10. The smallest absolute Gasteiger partial charge is 0.404 e. The second kappa shape index (κ2) is 6.29. The molecule has 1 saturated carbocycles. The lowest BCUT2D eigenvalue weighted by atomic mass is 9.71. The standard InChI is InChI=1S/C13H20N2O3/c1-15(2)8-7-13(10-14-12(17)18)5-3-11(9-16)4-6-13/h9,11,14H,3-6,10H2,1-2H3,(H,17,18). The highest BCUT2D eigenvalue weighted by atomic mass is 16.4. The molecule has 5 heteroatoms. The van der Waals surface area contributed by atoms with Gasteiger partial charge in [0, 0.05) is 32.6 Å². The molecule has 5 nitrogen and oxygen atoms in total. The molecule has 1 fully saturated rings. The highest BCUT2D eigenvalue weighted by molar-refractivity contribution is 5.64. The lowest BCUT2D eigenvalue weighted by Gasteiger charge is -2.34. The number of hydrogen-bond acceptors (Lipinski definition) is 3. The van der Waals surface area contributed by atoms with E-state index in [4.69, 9.17) is 5.11 Å². The predicted molar refractivity (Wildman–Crippen MR) is 67.9 cm³/mol. The van der Waals surface area contributed by atoms with E-state index in [1.165, 1.54) is 0 Å². The normalized spacial score (nSPS) is 26.7. The summed E-state index contributed by atoms with van der Waals surface area (Å²) in [5.74, 6) is 3.27. The third-order valence-electron chi connectivity index (χ3n) is 3.30. The second-order valence-corrected chi connectivity index (χ2v) is 5.04. The average molecular weight is 252 g/mol. The monoisotopic (exact) mass is 252 g/mol. The van der Waals surface area contributed by atoms with E-state index in [1.54, 1.807) is 4.90 Å². The third kappa shape index (κ3) is 4.28. The van der Waals surface area contributed by atoms with Crippen molar-refractivity contribution in [1.29, 1.82) is 0 Å². The molecule has 0 aromatic rings. The fraction of sp³-hybridized carbons (Fsp3) is 0.692. The van der Waals surface area contributed by atoms with Crippen molar-refractivity contribution in [2.45, 2.75) is 25.7 Å². The van der Waals surface area contributed by atoms with Crippen molar-refractivity contribution in [2.75, 3.05) is 20.6 Å². The zero-order valence-corrected chi connectivity index (χ0v) is 10.9. The molecule has 1 aliphatic rings. The number of carboxylic acid groups (broad SMARTS) is 1. The quantitative estimate of drug-likeness (QED) is 0.449. The number of hydrogen-bond donors (Lipinski definition) is 2. The van der Waals surface area contributed by atoms with Gasteiger partial charge in [-0.1, -0.05) is 5.92 Å². The number of rotatable bonds is 3. The lowest BCUT2D eigenvalue weighted by Crippen LogP contribution is -2.39. The van der Waals surface area contributed by atoms with Crippen LogP contribution in [0.4, 0.5) is 4.79 Å². The number of carbonyl (C=O) groups excluding carboxylic acids is 1. The molecule has 0 aromatic heterocycles. The van der Waals surface area contributed by atoms with Crippen molar-refractivity contribution in [3.8, 4) is 12.0 Å². The van der Waals surface area contributed by atoms with Crippen LogP contribution in [0, 0.1) is 23.3 Å². The summed E-state index contributed by atoms with van der Waals surface area (Å²) in [6.07, 6.45) is 3.06. The van der Waals surface area contributed by atoms with Crippen molar-refractivity contribution >= 4 is 12.4 Å². The summed E-state index contributed by atoms with van der Waals surface area (Å²) in [7, 11) is 3.70. The molecular formula is C13H20N2O3. The Labute approximate surface area is 108 Å². The molecule has 1 amide bonds. The van der Waals surface area contributed by atoms with Gasteiger partial charge in [-0.2, -0.15) is 0 Å². The van der Waals surface area contributed by atoms with Gasteiger partial charge in [0.15, 0.2) is 0 Å². The van der Waals surface area contributed by atoms with Crippen molar-refractivity contribution in [3.05, 3.63) is 0 Å². The van der Waals surface area contributed by atoms with Crippen molar-refractivity contribution < 1.29 is 14.7 Å². The number of nitrogens with zero attached hydrogens (tertiary/aromatic N) is 1. The minimum absolute atomic E-state index is 0.101. The topological polar surface area (TPSA) is 69.6 Å². The van der Waals surface area contributed by atoms with Gasteiger partial charge >= 0.3 is 6.09 Å². The van der Waals surface area contributed by atoms with Crippen LogP contribution in [0.3, 0.4) is 0 Å². The van der Waals surface area contributed by atoms with Crippen molar-refractivity contribution in [1.82, 2.24) is 10.2 Å². The Balaban J connectivity index is 2.73. The first kappa shape index (κ1) is 14.4. The molecule has 0 spiro atoms. The van der Waals surface area contributed by atoms with E-state index in [0.717, 1.165) is 32.0 Å². The fourth-order valence-electron chi connectivity index (χ4n) is 2.15. The summed E-state index contributed by atoms with van der Waals surface area (Å²) in [5, 5.41) is 11.1. The maximum absolute atomic E-state index is 10.7. The predicted octanol–water partition coefficient (Wildman–Crippen LogP) is 1.15. The van der Waals surface area contributed by atoms with Gasteiger partial charge < -0.3 is 20.1 Å². The van der Waals surface area contributed by atoms with Gasteiger partial charge in [-0.15, -0.1) is 0 Å². The Kier molecular flexibility index (Phi) is 5.02. The number of aldehydes is 1. The zero-order valence-electron chi connectivity index (χ0n) is 10.9. The molecule has 100 valence electrons. The van der Waals surface area contributed by atoms with E-state index in [-0.39, 0.29) is 11.3 Å². The second-order valence-electron chi connectivity index (χ2n) is 5.04. The van der Waals surface area contributed by atoms with Gasteiger partial charge in [0.1, 0.15) is 6.29 Å². The number of carbonyl (C=O) groups is 2. The molecule has 0 atom stereocenters. The van der Waals surface area contributed by atoms with Crippen LogP contribution < -0.4 is 5.32 Å². The molecule has 0 unspecified atom stereocenters. The van der Waals surface area contributed by atoms with Crippen molar-refractivity contribution in [2.24, 2.45) is 11.3 Å². The maximum Gasteiger partial charge on any atom is 0.404 e. The largest absolute Gasteiger partial charge is 0.465 e. The Morgan fingerprint density at radius 2 is 2.11 bits per heavy atom. The Bertz CT molecular complexity index is 360. The molecule has 1 rings (SSSR count). The Morgan fingerprint density at radius 1 is 1.50 bits per heavy atom. The summed E-state index contributed by atoms with van der Waals surface area (Å²) in [6, 6.07) is 2.97. The maximum atomic E-state index is 10.7. The van der Waals surface area contributed by atoms with Crippen LogP contribution in [0.15, 0.2) is 0 Å². The highest BCUT2D eigenvalue weighted by Crippen LogP contribution is 2.37. The van der Waals surface area contributed by atoms with Crippen LogP contribution in [-0.2, 0) is 4.79 Å². The minimum atomic E-state index is -1.03. The van der Waals surface area contributed by atoms with E-state index in [1.807, 2.05) is 14.1 Å². The van der Waals surface area contributed by atoms with Gasteiger partial charge in [0.2, 0.25) is 0 Å². The first-order chi connectivity index (χ1) is 8.47. The van der Waals surface area contributed by atoms with Gasteiger partial charge in [0.25, 0.3) is 0 Å².